The molecule has 3 rings (SSSR count). The third-order valence-corrected chi connectivity index (χ3v) is 3.30. The number of fused-ring (bicyclic) bond motifs is 1. The number of amides is 1. The Labute approximate surface area is 126 Å². The highest BCUT2D eigenvalue weighted by molar-refractivity contribution is 5.95. The number of nitrogens with one attached hydrogen (secondary N) is 2. The van der Waals surface area contributed by atoms with Crippen LogP contribution < -0.4 is 16.4 Å². The number of rotatable bonds is 4. The molecule has 1 amide bonds. The van der Waals surface area contributed by atoms with Crippen molar-refractivity contribution < 1.29 is 9.21 Å². The fourth-order valence-electron chi connectivity index (χ4n) is 2.16. The van der Waals surface area contributed by atoms with Gasteiger partial charge in [0.2, 0.25) is 5.91 Å². The van der Waals surface area contributed by atoms with Crippen LogP contribution in [-0.2, 0) is 11.8 Å². The number of aromatic nitrogens is 1. The van der Waals surface area contributed by atoms with Gasteiger partial charge in [0.05, 0.1) is 12.1 Å². The molecule has 2 aromatic carbocycles. The first-order valence-electron chi connectivity index (χ1n) is 6.82. The fourth-order valence-corrected chi connectivity index (χ4v) is 2.16. The van der Waals surface area contributed by atoms with Gasteiger partial charge in [0, 0.05) is 24.5 Å². The molecule has 0 saturated carbocycles. The predicted molar refractivity (Wildman–Crippen MR) is 85.0 cm³/mol. The van der Waals surface area contributed by atoms with Crippen LogP contribution >= 0.6 is 0 Å². The number of hydrogen-bond donors (Lipinski definition) is 2. The van der Waals surface area contributed by atoms with Gasteiger partial charge in [0.1, 0.15) is 0 Å². The molecule has 6 nitrogen and oxygen atoms in total. The zero-order valence-corrected chi connectivity index (χ0v) is 12.0. The Morgan fingerprint density at radius 1 is 1.14 bits per heavy atom. The van der Waals surface area contributed by atoms with E-state index in [1.165, 1.54) is 4.57 Å². The maximum absolute atomic E-state index is 11.9. The summed E-state index contributed by atoms with van der Waals surface area (Å²) in [5.74, 6) is -0.606. The Kier molecular flexibility index (Phi) is 3.65. The maximum atomic E-state index is 11.9. The van der Waals surface area contributed by atoms with Crippen molar-refractivity contribution in [3.05, 3.63) is 59.1 Å². The van der Waals surface area contributed by atoms with Crippen molar-refractivity contribution in [2.24, 2.45) is 7.05 Å². The van der Waals surface area contributed by atoms with Crippen molar-refractivity contribution >= 4 is 28.4 Å². The summed E-state index contributed by atoms with van der Waals surface area (Å²) in [4.78, 5) is 23.4. The van der Waals surface area contributed by atoms with Gasteiger partial charge in [-0.3, -0.25) is 9.36 Å². The third-order valence-electron chi connectivity index (χ3n) is 3.30. The van der Waals surface area contributed by atoms with Gasteiger partial charge in [-0.05, 0) is 24.3 Å². The first-order chi connectivity index (χ1) is 10.6. The summed E-state index contributed by atoms with van der Waals surface area (Å²) in [6, 6.07) is 14.6. The molecule has 6 heteroatoms. The van der Waals surface area contributed by atoms with Crippen molar-refractivity contribution in [1.29, 1.82) is 0 Å². The van der Waals surface area contributed by atoms with Crippen LogP contribution in [0.5, 0.6) is 0 Å². The Morgan fingerprint density at radius 3 is 2.68 bits per heavy atom. The average molecular weight is 297 g/mol. The Bertz CT molecular complexity index is 865. The molecule has 0 fully saturated rings. The second kappa shape index (κ2) is 5.77. The molecule has 112 valence electrons. The number of benzene rings is 2. The average Bonchev–Trinajstić information content (AvgIpc) is 2.81. The van der Waals surface area contributed by atoms with Gasteiger partial charge in [-0.25, -0.2) is 4.79 Å². The van der Waals surface area contributed by atoms with E-state index in [4.69, 9.17) is 4.42 Å². The number of oxazole rings is 1. The highest BCUT2D eigenvalue weighted by atomic mass is 16.4. The molecule has 0 aliphatic carbocycles. The van der Waals surface area contributed by atoms with Gasteiger partial charge in [-0.1, -0.05) is 18.2 Å². The molecule has 0 aliphatic rings. The number of hydrogen-bond acceptors (Lipinski definition) is 4. The molecule has 0 aliphatic heterocycles. The molecule has 0 unspecified atom stereocenters. The Morgan fingerprint density at radius 2 is 1.91 bits per heavy atom. The van der Waals surface area contributed by atoms with E-state index in [2.05, 4.69) is 10.6 Å². The molecule has 0 spiro atoms. The van der Waals surface area contributed by atoms with Gasteiger partial charge in [-0.2, -0.15) is 0 Å². The highest BCUT2D eigenvalue weighted by Gasteiger charge is 2.08. The lowest BCUT2D eigenvalue weighted by Crippen LogP contribution is -2.21. The van der Waals surface area contributed by atoms with Crippen molar-refractivity contribution in [2.45, 2.75) is 0 Å². The summed E-state index contributed by atoms with van der Waals surface area (Å²) < 4.78 is 6.51. The Hall–Kier alpha value is -3.02. The number of anilines is 2. The number of carbonyl (C=O) groups excluding carboxylic acids is 1. The van der Waals surface area contributed by atoms with E-state index in [1.807, 2.05) is 30.3 Å². The largest absolute Gasteiger partial charge is 0.419 e. The van der Waals surface area contributed by atoms with E-state index < -0.39 is 5.76 Å². The first kappa shape index (κ1) is 13.9. The SMILES string of the molecule is Cn1c(=O)oc2cc(NC(=O)CNc3ccccc3)ccc21. The topological polar surface area (TPSA) is 76.3 Å². The molecule has 1 aromatic heterocycles. The van der Waals surface area contributed by atoms with Crippen LogP contribution in [-0.4, -0.2) is 17.0 Å². The zero-order valence-electron chi connectivity index (χ0n) is 12.0. The standard InChI is InChI=1S/C16H15N3O3/c1-19-13-8-7-12(9-14(13)22-16(19)21)18-15(20)10-17-11-5-3-2-4-6-11/h2-9,17H,10H2,1H3,(H,18,20). The molecule has 2 N–H and O–H groups in total. The second-order valence-electron chi connectivity index (χ2n) is 4.88. The van der Waals surface area contributed by atoms with Crippen LogP contribution in [0.1, 0.15) is 0 Å². The van der Waals surface area contributed by atoms with Crippen LogP contribution in [0.3, 0.4) is 0 Å². The lowest BCUT2D eigenvalue weighted by molar-refractivity contribution is -0.114. The van der Waals surface area contributed by atoms with E-state index in [-0.39, 0.29) is 12.5 Å². The predicted octanol–water partition coefficient (Wildman–Crippen LogP) is 2.18. The minimum Gasteiger partial charge on any atom is -0.408 e. The summed E-state index contributed by atoms with van der Waals surface area (Å²) in [5.41, 5.74) is 2.59. The maximum Gasteiger partial charge on any atom is 0.419 e. The smallest absolute Gasteiger partial charge is 0.408 e. The molecule has 0 saturated heterocycles. The van der Waals surface area contributed by atoms with E-state index in [0.717, 1.165) is 5.69 Å². The summed E-state index contributed by atoms with van der Waals surface area (Å²) >= 11 is 0. The van der Waals surface area contributed by atoms with Crippen LogP contribution in [0.4, 0.5) is 11.4 Å². The number of nitrogens with zero attached hydrogens (tertiary/aromatic N) is 1. The minimum atomic E-state index is -0.427. The van der Waals surface area contributed by atoms with E-state index in [0.29, 0.717) is 16.8 Å². The summed E-state index contributed by atoms with van der Waals surface area (Å²) in [6.07, 6.45) is 0. The van der Waals surface area contributed by atoms with Gasteiger partial charge in [0.15, 0.2) is 5.58 Å². The first-order valence-corrected chi connectivity index (χ1v) is 6.82. The van der Waals surface area contributed by atoms with Crippen LogP contribution in [0.15, 0.2) is 57.7 Å². The van der Waals surface area contributed by atoms with Crippen molar-refractivity contribution in [3.8, 4) is 0 Å². The summed E-state index contributed by atoms with van der Waals surface area (Å²) in [7, 11) is 1.64. The van der Waals surface area contributed by atoms with Crippen LogP contribution in [0, 0.1) is 0 Å². The molecular weight excluding hydrogens is 282 g/mol. The van der Waals surface area contributed by atoms with Gasteiger partial charge < -0.3 is 15.1 Å². The van der Waals surface area contributed by atoms with E-state index >= 15 is 0 Å². The normalized spacial score (nSPS) is 10.6. The molecule has 0 atom stereocenters. The minimum absolute atomic E-state index is 0.154. The zero-order chi connectivity index (χ0) is 15.5. The molecule has 0 radical (unpaired) electrons. The fraction of sp³-hybridized carbons (Fsp3) is 0.125. The summed E-state index contributed by atoms with van der Waals surface area (Å²) in [6.45, 7) is 0.154. The van der Waals surface area contributed by atoms with Crippen molar-refractivity contribution in [1.82, 2.24) is 4.57 Å². The van der Waals surface area contributed by atoms with Gasteiger partial charge in [0.25, 0.3) is 0 Å². The van der Waals surface area contributed by atoms with Crippen molar-refractivity contribution in [3.63, 3.8) is 0 Å². The van der Waals surface area contributed by atoms with Crippen molar-refractivity contribution in [2.75, 3.05) is 17.2 Å². The number of aryl methyl sites for hydroxylation is 1. The second-order valence-corrected chi connectivity index (χ2v) is 4.88. The molecule has 3 aromatic rings. The molecule has 0 bridgehead atoms. The molecule has 22 heavy (non-hydrogen) atoms. The van der Waals surface area contributed by atoms with E-state index in [9.17, 15) is 9.59 Å². The lowest BCUT2D eigenvalue weighted by atomic mass is 10.3. The van der Waals surface area contributed by atoms with Gasteiger partial charge >= 0.3 is 5.76 Å². The van der Waals surface area contributed by atoms with Crippen LogP contribution in [0.25, 0.3) is 11.1 Å². The number of para-hydroxylation sites is 1. The summed E-state index contributed by atoms with van der Waals surface area (Å²) in [5, 5.41) is 5.79. The highest BCUT2D eigenvalue weighted by Crippen LogP contribution is 2.17. The Balaban J connectivity index is 1.67. The van der Waals surface area contributed by atoms with E-state index in [1.54, 1.807) is 25.2 Å². The molecule has 1 heterocycles. The quantitative estimate of drug-likeness (QED) is 0.774. The monoisotopic (exact) mass is 297 g/mol. The molecular formula is C16H15N3O3. The third kappa shape index (κ3) is 2.85. The lowest BCUT2D eigenvalue weighted by Gasteiger charge is -2.07. The van der Waals surface area contributed by atoms with Gasteiger partial charge in [-0.15, -0.1) is 0 Å². The number of carbonyl (C=O) groups is 1. The van der Waals surface area contributed by atoms with Crippen LogP contribution in [0.2, 0.25) is 0 Å².